The maximum Gasteiger partial charge on any atom is 0.326 e. The maximum atomic E-state index is 13.2. The van der Waals surface area contributed by atoms with Crippen molar-refractivity contribution in [1.29, 1.82) is 0 Å². The molecule has 0 heterocycles. The lowest BCUT2D eigenvalue weighted by atomic mass is 10.0. The van der Waals surface area contributed by atoms with Crippen molar-refractivity contribution < 1.29 is 34.2 Å². The maximum absolute atomic E-state index is 13.2. The molecular weight excluding hydrogens is 552 g/mol. The minimum Gasteiger partial charge on any atom is -0.481 e. The van der Waals surface area contributed by atoms with Gasteiger partial charge >= 0.3 is 11.9 Å². The van der Waals surface area contributed by atoms with Gasteiger partial charge in [-0.05, 0) is 37.7 Å². The average Bonchev–Trinajstić information content (AvgIpc) is 2.91. The standard InChI is InChI=1S/C25H40N10O7/c26-15(12-14-6-2-1-3-7-14)20(38)33-16(8-4-10-31-24(27)28)21(39)35-18(13-19(36)37)22(40)34-17(23(41)42)9-5-11-32-25(29)30/h1-3,6-7,15-18H,4-5,8-13,26H2,(H,33,38)(H,34,40)(H,35,39)(H,36,37)(H,41,42)(H4,27,28,31)(H4,29,30,32). The quantitative estimate of drug-likeness (QED) is 0.0428. The second kappa shape index (κ2) is 18.4. The minimum absolute atomic E-state index is 0.0103. The van der Waals surface area contributed by atoms with Gasteiger partial charge in [-0.2, -0.15) is 0 Å². The molecule has 0 bridgehead atoms. The van der Waals surface area contributed by atoms with E-state index >= 15 is 0 Å². The first-order chi connectivity index (χ1) is 19.8. The summed E-state index contributed by atoms with van der Waals surface area (Å²) < 4.78 is 0. The molecule has 0 radical (unpaired) electrons. The summed E-state index contributed by atoms with van der Waals surface area (Å²) in [5.41, 5.74) is 27.9. The molecule has 232 valence electrons. The van der Waals surface area contributed by atoms with Crippen molar-refractivity contribution in [1.82, 2.24) is 16.0 Å². The van der Waals surface area contributed by atoms with Gasteiger partial charge in [0.1, 0.15) is 18.1 Å². The Morgan fingerprint density at radius 2 is 1.19 bits per heavy atom. The molecule has 3 amide bonds. The van der Waals surface area contributed by atoms with E-state index in [4.69, 9.17) is 28.7 Å². The fraction of sp³-hybridized carbons (Fsp3) is 0.480. The normalized spacial score (nSPS) is 13.4. The zero-order valence-electron chi connectivity index (χ0n) is 23.1. The van der Waals surface area contributed by atoms with Crippen LogP contribution in [0.4, 0.5) is 0 Å². The van der Waals surface area contributed by atoms with E-state index in [1.165, 1.54) is 0 Å². The number of carbonyl (C=O) groups is 5. The van der Waals surface area contributed by atoms with E-state index in [0.717, 1.165) is 5.56 Å². The van der Waals surface area contributed by atoms with Crippen LogP contribution in [0.3, 0.4) is 0 Å². The van der Waals surface area contributed by atoms with E-state index < -0.39 is 60.2 Å². The van der Waals surface area contributed by atoms with E-state index in [9.17, 15) is 34.2 Å². The number of nitrogens with one attached hydrogen (secondary N) is 3. The topological polar surface area (TPSA) is 317 Å². The number of nitrogens with zero attached hydrogens (tertiary/aromatic N) is 2. The molecule has 0 fully saturated rings. The van der Waals surface area contributed by atoms with E-state index in [1.54, 1.807) is 30.3 Å². The van der Waals surface area contributed by atoms with Gasteiger partial charge in [0.15, 0.2) is 11.9 Å². The molecule has 0 saturated heterocycles. The summed E-state index contributed by atoms with van der Waals surface area (Å²) >= 11 is 0. The summed E-state index contributed by atoms with van der Waals surface area (Å²) in [7, 11) is 0. The van der Waals surface area contributed by atoms with E-state index in [2.05, 4.69) is 25.9 Å². The first-order valence-electron chi connectivity index (χ1n) is 13.1. The Labute approximate surface area is 242 Å². The van der Waals surface area contributed by atoms with Crippen molar-refractivity contribution in [2.75, 3.05) is 13.1 Å². The van der Waals surface area contributed by atoms with E-state index in [0.29, 0.717) is 0 Å². The van der Waals surface area contributed by atoms with Gasteiger partial charge in [0.05, 0.1) is 12.5 Å². The van der Waals surface area contributed by atoms with Crippen molar-refractivity contribution in [2.45, 2.75) is 62.7 Å². The van der Waals surface area contributed by atoms with Crippen molar-refractivity contribution in [3.63, 3.8) is 0 Å². The molecule has 0 saturated carbocycles. The average molecular weight is 593 g/mol. The smallest absolute Gasteiger partial charge is 0.326 e. The second-order valence-corrected chi connectivity index (χ2v) is 9.31. The van der Waals surface area contributed by atoms with Crippen LogP contribution in [-0.2, 0) is 30.4 Å². The van der Waals surface area contributed by atoms with Crippen molar-refractivity contribution in [3.8, 4) is 0 Å². The summed E-state index contributed by atoms with van der Waals surface area (Å²) in [6, 6.07) is 3.61. The van der Waals surface area contributed by atoms with Crippen molar-refractivity contribution in [3.05, 3.63) is 35.9 Å². The van der Waals surface area contributed by atoms with Gasteiger partial charge in [0.2, 0.25) is 17.7 Å². The van der Waals surface area contributed by atoms with Crippen LogP contribution in [0.15, 0.2) is 40.3 Å². The number of carbonyl (C=O) groups excluding carboxylic acids is 3. The lowest BCUT2D eigenvalue weighted by Crippen LogP contribution is -2.57. The molecule has 4 atom stereocenters. The van der Waals surface area contributed by atoms with Gasteiger partial charge in [-0.15, -0.1) is 0 Å². The SMILES string of the molecule is NC(N)=NCCCC(NC(=O)C(CC(=O)O)NC(=O)C(CCCN=C(N)N)NC(=O)C(N)Cc1ccccc1)C(=O)O. The van der Waals surface area contributed by atoms with Crippen LogP contribution < -0.4 is 44.6 Å². The number of guanidine groups is 2. The first-order valence-corrected chi connectivity index (χ1v) is 13.1. The number of benzene rings is 1. The summed E-state index contributed by atoms with van der Waals surface area (Å²) in [5.74, 6) is -5.77. The van der Waals surface area contributed by atoms with Crippen LogP contribution in [-0.4, -0.2) is 89.0 Å². The third-order valence-electron chi connectivity index (χ3n) is 5.79. The van der Waals surface area contributed by atoms with Gasteiger partial charge in [0.25, 0.3) is 0 Å². The van der Waals surface area contributed by atoms with Crippen LogP contribution in [0, 0.1) is 0 Å². The Morgan fingerprint density at radius 1 is 0.714 bits per heavy atom. The Bertz CT molecular complexity index is 1120. The Hall–Kier alpha value is -4.93. The fourth-order valence-corrected chi connectivity index (χ4v) is 3.70. The van der Waals surface area contributed by atoms with E-state index in [-0.39, 0.29) is 57.1 Å². The number of carboxylic acid groups (broad SMARTS) is 2. The summed E-state index contributed by atoms with van der Waals surface area (Å²) in [5, 5.41) is 25.9. The molecule has 0 spiro atoms. The zero-order chi connectivity index (χ0) is 31.7. The highest BCUT2D eigenvalue weighted by Gasteiger charge is 2.31. The number of hydrogen-bond donors (Lipinski definition) is 10. The molecular formula is C25H40N10O7. The molecule has 0 aliphatic carbocycles. The van der Waals surface area contributed by atoms with Crippen LogP contribution >= 0.6 is 0 Å². The van der Waals surface area contributed by atoms with Gasteiger partial charge in [-0.1, -0.05) is 30.3 Å². The number of amides is 3. The number of rotatable bonds is 19. The third-order valence-corrected chi connectivity index (χ3v) is 5.79. The Balaban J connectivity index is 3.02. The molecule has 15 N–H and O–H groups in total. The summed E-state index contributed by atoms with van der Waals surface area (Å²) in [6.45, 7) is 0.224. The Kier molecular flexibility index (Phi) is 15.4. The minimum atomic E-state index is -1.66. The lowest BCUT2D eigenvalue weighted by Gasteiger charge is -2.24. The first kappa shape index (κ1) is 35.1. The molecule has 0 aliphatic rings. The largest absolute Gasteiger partial charge is 0.481 e. The highest BCUT2D eigenvalue weighted by atomic mass is 16.4. The number of hydrogen-bond acceptors (Lipinski definition) is 8. The predicted molar refractivity (Wildman–Crippen MR) is 154 cm³/mol. The van der Waals surface area contributed by atoms with Crippen LogP contribution in [0.5, 0.6) is 0 Å². The number of nitrogens with two attached hydrogens (primary N) is 5. The number of carboxylic acids is 2. The zero-order valence-corrected chi connectivity index (χ0v) is 23.1. The van der Waals surface area contributed by atoms with Crippen LogP contribution in [0.2, 0.25) is 0 Å². The molecule has 17 heteroatoms. The molecule has 42 heavy (non-hydrogen) atoms. The molecule has 4 unspecified atom stereocenters. The van der Waals surface area contributed by atoms with Gasteiger partial charge < -0.3 is 54.8 Å². The van der Waals surface area contributed by atoms with Crippen LogP contribution in [0.25, 0.3) is 0 Å². The molecule has 1 aromatic carbocycles. The molecule has 0 aliphatic heterocycles. The predicted octanol–water partition coefficient (Wildman–Crippen LogP) is -3.32. The molecule has 17 nitrogen and oxygen atoms in total. The Morgan fingerprint density at radius 3 is 1.69 bits per heavy atom. The third kappa shape index (κ3) is 14.5. The second-order valence-electron chi connectivity index (χ2n) is 9.31. The van der Waals surface area contributed by atoms with Gasteiger partial charge in [-0.25, -0.2) is 4.79 Å². The van der Waals surface area contributed by atoms with Gasteiger partial charge in [-0.3, -0.25) is 29.2 Å². The van der Waals surface area contributed by atoms with Crippen LogP contribution in [0.1, 0.15) is 37.7 Å². The fourth-order valence-electron chi connectivity index (χ4n) is 3.70. The summed E-state index contributed by atoms with van der Waals surface area (Å²) in [6.07, 6.45) is -0.321. The lowest BCUT2D eigenvalue weighted by molar-refractivity contribution is -0.143. The highest BCUT2D eigenvalue weighted by Crippen LogP contribution is 2.06. The molecule has 1 aromatic rings. The molecule has 1 rings (SSSR count). The monoisotopic (exact) mass is 592 g/mol. The van der Waals surface area contributed by atoms with E-state index in [1.807, 2.05) is 0 Å². The summed E-state index contributed by atoms with van der Waals surface area (Å²) in [4.78, 5) is 69.6. The molecule has 0 aromatic heterocycles. The van der Waals surface area contributed by atoms with Crippen molar-refractivity contribution in [2.24, 2.45) is 38.7 Å². The number of aliphatic carboxylic acids is 2. The number of aliphatic imine (C=N–C) groups is 2. The van der Waals surface area contributed by atoms with Crippen molar-refractivity contribution >= 4 is 41.6 Å². The highest BCUT2D eigenvalue weighted by molar-refractivity contribution is 5.95. The van der Waals surface area contributed by atoms with Gasteiger partial charge in [0, 0.05) is 13.1 Å².